The summed E-state index contributed by atoms with van der Waals surface area (Å²) in [5.74, 6) is 1.43. The number of aromatic nitrogens is 2. The summed E-state index contributed by atoms with van der Waals surface area (Å²) >= 11 is 0. The highest BCUT2D eigenvalue weighted by Gasteiger charge is 2.13. The molecule has 6 heteroatoms. The Labute approximate surface area is 152 Å². The van der Waals surface area contributed by atoms with Gasteiger partial charge in [-0.1, -0.05) is 26.0 Å². The van der Waals surface area contributed by atoms with Crippen LogP contribution in [0.5, 0.6) is 5.75 Å². The maximum Gasteiger partial charge on any atom is 0.310 e. The maximum atomic E-state index is 11.6. The summed E-state index contributed by atoms with van der Waals surface area (Å²) in [4.78, 5) is 19.4. The lowest BCUT2D eigenvalue weighted by molar-refractivity contribution is -0.139. The second-order valence-electron chi connectivity index (χ2n) is 6.42. The highest BCUT2D eigenvalue weighted by molar-refractivity contribution is 5.83. The van der Waals surface area contributed by atoms with Gasteiger partial charge >= 0.3 is 5.97 Å². The molecular weight excluding hydrogens is 330 g/mol. The van der Waals surface area contributed by atoms with Crippen molar-refractivity contribution in [2.45, 2.75) is 26.2 Å². The number of imidazole rings is 1. The average Bonchev–Trinajstić information content (AvgIpc) is 3.02. The van der Waals surface area contributed by atoms with Crippen LogP contribution in [0.1, 0.15) is 30.9 Å². The molecule has 26 heavy (non-hydrogen) atoms. The van der Waals surface area contributed by atoms with E-state index in [1.54, 1.807) is 7.11 Å². The van der Waals surface area contributed by atoms with Gasteiger partial charge in [-0.25, -0.2) is 4.98 Å². The summed E-state index contributed by atoms with van der Waals surface area (Å²) in [5, 5.41) is 3.27. The van der Waals surface area contributed by atoms with E-state index in [0.29, 0.717) is 17.6 Å². The first-order chi connectivity index (χ1) is 12.5. The van der Waals surface area contributed by atoms with Crippen molar-refractivity contribution in [2.24, 2.45) is 0 Å². The smallest absolute Gasteiger partial charge is 0.310 e. The van der Waals surface area contributed by atoms with Gasteiger partial charge in [-0.2, -0.15) is 0 Å². The Morgan fingerprint density at radius 2 is 1.92 bits per heavy atom. The number of aromatic amines is 1. The largest absolute Gasteiger partial charge is 0.496 e. The standard InChI is InChI=1S/C20H23N3O3/c1-12(2)13-5-7-15(8-6-13)21-20-22-16-9-14(10-19(24)26-4)18(25-3)11-17(16)23-20/h5-9,11-12H,10H2,1-4H3,(H2,21,22,23). The number of fused-ring (bicyclic) bond motifs is 1. The van der Waals surface area contributed by atoms with Crippen LogP contribution in [0.3, 0.4) is 0 Å². The van der Waals surface area contributed by atoms with Crippen LogP contribution in [0.2, 0.25) is 0 Å². The molecule has 0 fully saturated rings. The minimum absolute atomic E-state index is 0.147. The molecule has 136 valence electrons. The third kappa shape index (κ3) is 3.79. The minimum Gasteiger partial charge on any atom is -0.496 e. The Kier molecular flexibility index (Phi) is 5.11. The number of carbonyl (C=O) groups excluding carboxylic acids is 1. The van der Waals surface area contributed by atoms with Gasteiger partial charge < -0.3 is 19.8 Å². The zero-order valence-electron chi connectivity index (χ0n) is 15.4. The van der Waals surface area contributed by atoms with Crippen molar-refractivity contribution < 1.29 is 14.3 Å². The van der Waals surface area contributed by atoms with Gasteiger partial charge in [-0.15, -0.1) is 0 Å². The number of benzene rings is 2. The van der Waals surface area contributed by atoms with Crippen LogP contribution in [0.25, 0.3) is 11.0 Å². The Balaban J connectivity index is 1.87. The molecule has 0 radical (unpaired) electrons. The Morgan fingerprint density at radius 3 is 2.54 bits per heavy atom. The second-order valence-corrected chi connectivity index (χ2v) is 6.42. The number of carbonyl (C=O) groups is 1. The number of methoxy groups -OCH3 is 2. The molecule has 2 aromatic carbocycles. The predicted molar refractivity (Wildman–Crippen MR) is 102 cm³/mol. The molecule has 0 aliphatic heterocycles. The van der Waals surface area contributed by atoms with Crippen molar-refractivity contribution in [3.8, 4) is 5.75 Å². The minimum atomic E-state index is -0.314. The molecule has 0 unspecified atom stereocenters. The van der Waals surface area contributed by atoms with Crippen LogP contribution in [0.15, 0.2) is 36.4 Å². The quantitative estimate of drug-likeness (QED) is 0.651. The molecule has 1 aromatic heterocycles. The van der Waals surface area contributed by atoms with E-state index in [1.807, 2.05) is 24.3 Å². The Bertz CT molecular complexity index is 914. The number of rotatable bonds is 6. The molecule has 3 rings (SSSR count). The van der Waals surface area contributed by atoms with Gasteiger partial charge in [0.05, 0.1) is 31.7 Å². The topological polar surface area (TPSA) is 76.2 Å². The zero-order valence-corrected chi connectivity index (χ0v) is 15.4. The number of nitrogens with zero attached hydrogens (tertiary/aromatic N) is 1. The van der Waals surface area contributed by atoms with Crippen LogP contribution < -0.4 is 10.1 Å². The fourth-order valence-electron chi connectivity index (χ4n) is 2.79. The first-order valence-corrected chi connectivity index (χ1v) is 8.50. The van der Waals surface area contributed by atoms with Crippen molar-refractivity contribution in [3.05, 3.63) is 47.5 Å². The van der Waals surface area contributed by atoms with E-state index in [4.69, 9.17) is 9.47 Å². The van der Waals surface area contributed by atoms with Crippen molar-refractivity contribution in [1.82, 2.24) is 9.97 Å². The van der Waals surface area contributed by atoms with Crippen LogP contribution in [-0.2, 0) is 16.0 Å². The van der Waals surface area contributed by atoms with Crippen LogP contribution >= 0.6 is 0 Å². The number of H-pyrrole nitrogens is 1. The van der Waals surface area contributed by atoms with Crippen LogP contribution in [0.4, 0.5) is 11.6 Å². The lowest BCUT2D eigenvalue weighted by Crippen LogP contribution is -2.05. The summed E-state index contributed by atoms with van der Waals surface area (Å²) in [5.41, 5.74) is 4.58. The normalized spacial score (nSPS) is 11.0. The van der Waals surface area contributed by atoms with Gasteiger partial charge in [-0.05, 0) is 29.7 Å². The molecule has 0 spiro atoms. The fraction of sp³-hybridized carbons (Fsp3) is 0.300. The predicted octanol–water partition coefficient (Wildman–Crippen LogP) is 4.15. The van der Waals surface area contributed by atoms with Gasteiger partial charge in [-0.3, -0.25) is 4.79 Å². The molecule has 0 aliphatic carbocycles. The third-order valence-corrected chi connectivity index (χ3v) is 4.29. The van der Waals surface area contributed by atoms with Gasteiger partial charge in [0.15, 0.2) is 0 Å². The fourth-order valence-corrected chi connectivity index (χ4v) is 2.79. The Hall–Kier alpha value is -3.02. The number of nitrogens with one attached hydrogen (secondary N) is 2. The van der Waals surface area contributed by atoms with E-state index >= 15 is 0 Å². The zero-order chi connectivity index (χ0) is 18.7. The van der Waals surface area contributed by atoms with Crippen molar-refractivity contribution in [2.75, 3.05) is 19.5 Å². The number of esters is 1. The molecule has 0 aliphatic rings. The van der Waals surface area contributed by atoms with Crippen molar-refractivity contribution in [1.29, 1.82) is 0 Å². The summed E-state index contributed by atoms with van der Waals surface area (Å²) in [6.07, 6.45) is 0.147. The van der Waals surface area contributed by atoms with Gasteiger partial charge in [0.1, 0.15) is 5.75 Å². The third-order valence-electron chi connectivity index (χ3n) is 4.29. The van der Waals surface area contributed by atoms with Gasteiger partial charge in [0.2, 0.25) is 5.95 Å². The van der Waals surface area contributed by atoms with E-state index < -0.39 is 0 Å². The molecule has 3 aromatic rings. The van der Waals surface area contributed by atoms with E-state index in [1.165, 1.54) is 12.7 Å². The maximum absolute atomic E-state index is 11.6. The average molecular weight is 353 g/mol. The Morgan fingerprint density at radius 1 is 1.19 bits per heavy atom. The van der Waals surface area contributed by atoms with Crippen LogP contribution in [-0.4, -0.2) is 30.2 Å². The first kappa shape index (κ1) is 17.8. The van der Waals surface area contributed by atoms with Gasteiger partial charge in [0, 0.05) is 17.3 Å². The molecule has 0 amide bonds. The number of hydrogen-bond acceptors (Lipinski definition) is 5. The lowest BCUT2D eigenvalue weighted by atomic mass is 10.0. The lowest BCUT2D eigenvalue weighted by Gasteiger charge is -2.07. The van der Waals surface area contributed by atoms with Crippen LogP contribution in [0, 0.1) is 0 Å². The SMILES string of the molecule is COC(=O)Cc1cc2[nH]c(Nc3ccc(C(C)C)cc3)nc2cc1OC. The number of anilines is 2. The molecule has 6 nitrogen and oxygen atoms in total. The van der Waals surface area contributed by atoms with Gasteiger partial charge in [0.25, 0.3) is 0 Å². The highest BCUT2D eigenvalue weighted by atomic mass is 16.5. The van der Waals surface area contributed by atoms with Crippen molar-refractivity contribution >= 4 is 28.6 Å². The number of hydrogen-bond donors (Lipinski definition) is 2. The molecule has 0 bridgehead atoms. The van der Waals surface area contributed by atoms with E-state index in [-0.39, 0.29) is 12.4 Å². The molecule has 1 heterocycles. The summed E-state index contributed by atoms with van der Waals surface area (Å²) in [6.45, 7) is 4.34. The molecule has 0 saturated heterocycles. The summed E-state index contributed by atoms with van der Waals surface area (Å²) in [7, 11) is 2.94. The molecule has 0 atom stereocenters. The highest BCUT2D eigenvalue weighted by Crippen LogP contribution is 2.27. The van der Waals surface area contributed by atoms with E-state index in [2.05, 4.69) is 41.3 Å². The first-order valence-electron chi connectivity index (χ1n) is 8.50. The monoisotopic (exact) mass is 353 g/mol. The molecule has 0 saturated carbocycles. The summed E-state index contributed by atoms with van der Waals surface area (Å²) in [6, 6.07) is 12.0. The second kappa shape index (κ2) is 7.47. The summed E-state index contributed by atoms with van der Waals surface area (Å²) < 4.78 is 10.1. The number of ether oxygens (including phenoxy) is 2. The molecule has 2 N–H and O–H groups in total. The van der Waals surface area contributed by atoms with E-state index in [9.17, 15) is 4.79 Å². The van der Waals surface area contributed by atoms with Crippen molar-refractivity contribution in [3.63, 3.8) is 0 Å². The molecular formula is C20H23N3O3. The van der Waals surface area contributed by atoms with E-state index in [0.717, 1.165) is 22.3 Å².